The quantitative estimate of drug-likeness (QED) is 0.649. The van der Waals surface area contributed by atoms with Gasteiger partial charge in [-0.25, -0.2) is 4.79 Å². The molecule has 13 heavy (non-hydrogen) atoms. The minimum absolute atomic E-state index is 0.0139. The molecule has 0 aromatic carbocycles. The first-order chi connectivity index (χ1) is 6.11. The van der Waals surface area contributed by atoms with Gasteiger partial charge in [-0.05, 0) is 12.8 Å². The van der Waals surface area contributed by atoms with Crippen LogP contribution < -0.4 is 0 Å². The number of aliphatic carboxylic acids is 1. The highest BCUT2D eigenvalue weighted by molar-refractivity contribution is 5.86. The van der Waals surface area contributed by atoms with Gasteiger partial charge in [-0.1, -0.05) is 6.08 Å². The molecular weight excluding hydrogens is 170 g/mol. The molecule has 0 radical (unpaired) electrons. The van der Waals surface area contributed by atoms with Crippen molar-refractivity contribution < 1.29 is 14.7 Å². The molecule has 1 rings (SSSR count). The Balaban J connectivity index is 2.58. The molecule has 1 aliphatic heterocycles. The van der Waals surface area contributed by atoms with Crippen LogP contribution in [0.3, 0.4) is 0 Å². The van der Waals surface area contributed by atoms with Gasteiger partial charge in [0.2, 0.25) is 5.91 Å². The first-order valence-electron chi connectivity index (χ1n) is 4.29. The second kappa shape index (κ2) is 4.07. The summed E-state index contributed by atoms with van der Waals surface area (Å²) in [6, 6.07) is 0. The molecule has 72 valence electrons. The van der Waals surface area contributed by atoms with Crippen molar-refractivity contribution in [1.29, 1.82) is 0 Å². The number of carboxylic acid groups (broad SMARTS) is 1. The van der Waals surface area contributed by atoms with E-state index >= 15 is 0 Å². The molecule has 1 aliphatic rings. The summed E-state index contributed by atoms with van der Waals surface area (Å²) < 4.78 is 0. The van der Waals surface area contributed by atoms with Crippen molar-refractivity contribution >= 4 is 11.9 Å². The summed E-state index contributed by atoms with van der Waals surface area (Å²) in [4.78, 5) is 23.3. The SMILES string of the molecule is CC(=O)N1CCC=C(C(=O)O)CC1. The molecule has 1 heterocycles. The fourth-order valence-corrected chi connectivity index (χ4v) is 1.37. The molecule has 0 spiro atoms. The maximum atomic E-state index is 11.0. The van der Waals surface area contributed by atoms with Crippen molar-refractivity contribution in [2.24, 2.45) is 0 Å². The van der Waals surface area contributed by atoms with Crippen LogP contribution in [0.15, 0.2) is 11.6 Å². The molecule has 0 fully saturated rings. The lowest BCUT2D eigenvalue weighted by molar-refractivity contribution is -0.133. The minimum Gasteiger partial charge on any atom is -0.478 e. The Kier molecular flexibility index (Phi) is 3.06. The Hall–Kier alpha value is -1.32. The molecule has 0 bridgehead atoms. The van der Waals surface area contributed by atoms with E-state index < -0.39 is 5.97 Å². The second-order valence-electron chi connectivity index (χ2n) is 3.08. The van der Waals surface area contributed by atoms with Crippen molar-refractivity contribution in [2.75, 3.05) is 13.1 Å². The first-order valence-corrected chi connectivity index (χ1v) is 4.29. The predicted molar refractivity (Wildman–Crippen MR) is 47.2 cm³/mol. The fraction of sp³-hybridized carbons (Fsp3) is 0.556. The summed E-state index contributed by atoms with van der Waals surface area (Å²) in [5, 5.41) is 8.72. The van der Waals surface area contributed by atoms with Crippen molar-refractivity contribution in [3.05, 3.63) is 11.6 Å². The molecular formula is C9H13NO3. The van der Waals surface area contributed by atoms with Crippen LogP contribution in [0.2, 0.25) is 0 Å². The molecule has 0 aromatic rings. The van der Waals surface area contributed by atoms with Crippen molar-refractivity contribution in [2.45, 2.75) is 19.8 Å². The van der Waals surface area contributed by atoms with Gasteiger partial charge in [0.05, 0.1) is 0 Å². The van der Waals surface area contributed by atoms with Crippen molar-refractivity contribution in [1.82, 2.24) is 4.90 Å². The molecule has 0 saturated heterocycles. The van der Waals surface area contributed by atoms with Crippen molar-refractivity contribution in [3.8, 4) is 0 Å². The number of carboxylic acids is 1. The highest BCUT2D eigenvalue weighted by Crippen LogP contribution is 2.10. The molecule has 0 unspecified atom stereocenters. The summed E-state index contributed by atoms with van der Waals surface area (Å²) in [5.41, 5.74) is 0.420. The maximum absolute atomic E-state index is 11.0. The molecule has 0 saturated carbocycles. The number of hydrogen-bond donors (Lipinski definition) is 1. The van der Waals surface area contributed by atoms with Crippen LogP contribution in [0, 0.1) is 0 Å². The van der Waals surface area contributed by atoms with Gasteiger partial charge in [0.25, 0.3) is 0 Å². The third-order valence-electron chi connectivity index (χ3n) is 2.16. The zero-order valence-electron chi connectivity index (χ0n) is 7.62. The predicted octanol–water partition coefficient (Wildman–Crippen LogP) is 0.640. The number of nitrogens with zero attached hydrogens (tertiary/aromatic N) is 1. The van der Waals surface area contributed by atoms with E-state index in [1.54, 1.807) is 11.0 Å². The van der Waals surface area contributed by atoms with Gasteiger partial charge in [0.1, 0.15) is 0 Å². The van der Waals surface area contributed by atoms with E-state index in [4.69, 9.17) is 5.11 Å². The largest absolute Gasteiger partial charge is 0.478 e. The maximum Gasteiger partial charge on any atom is 0.331 e. The van der Waals surface area contributed by atoms with E-state index in [0.717, 1.165) is 0 Å². The van der Waals surface area contributed by atoms with E-state index in [0.29, 0.717) is 31.5 Å². The topological polar surface area (TPSA) is 57.6 Å². The van der Waals surface area contributed by atoms with Crippen LogP contribution >= 0.6 is 0 Å². The normalized spacial score (nSPS) is 17.6. The Morgan fingerprint density at radius 2 is 2.15 bits per heavy atom. The smallest absolute Gasteiger partial charge is 0.331 e. The Morgan fingerprint density at radius 3 is 2.69 bits per heavy atom. The summed E-state index contributed by atoms with van der Waals surface area (Å²) in [7, 11) is 0. The molecule has 0 aromatic heterocycles. The number of hydrogen-bond acceptors (Lipinski definition) is 2. The number of amides is 1. The monoisotopic (exact) mass is 183 g/mol. The van der Waals surface area contributed by atoms with Crippen LogP contribution in [0.25, 0.3) is 0 Å². The Bertz CT molecular complexity index is 258. The van der Waals surface area contributed by atoms with Crippen LogP contribution in [0.5, 0.6) is 0 Å². The molecule has 1 amide bonds. The van der Waals surface area contributed by atoms with Crippen LogP contribution in [0.1, 0.15) is 19.8 Å². The van der Waals surface area contributed by atoms with E-state index in [-0.39, 0.29) is 5.91 Å². The third-order valence-corrected chi connectivity index (χ3v) is 2.16. The minimum atomic E-state index is -0.870. The van der Waals surface area contributed by atoms with E-state index in [1.165, 1.54) is 6.92 Å². The summed E-state index contributed by atoms with van der Waals surface area (Å²) in [6.45, 7) is 2.66. The number of carbonyl (C=O) groups is 2. The second-order valence-corrected chi connectivity index (χ2v) is 3.08. The average Bonchev–Trinajstić information content (AvgIpc) is 2.27. The van der Waals surface area contributed by atoms with Crippen LogP contribution in [-0.4, -0.2) is 35.0 Å². The van der Waals surface area contributed by atoms with Crippen molar-refractivity contribution in [3.63, 3.8) is 0 Å². The third kappa shape index (κ3) is 2.57. The van der Waals surface area contributed by atoms with Gasteiger partial charge >= 0.3 is 5.97 Å². The van der Waals surface area contributed by atoms with Gasteiger partial charge in [-0.3, -0.25) is 4.79 Å². The summed E-state index contributed by atoms with van der Waals surface area (Å²) >= 11 is 0. The van der Waals surface area contributed by atoms with Gasteiger partial charge in [-0.15, -0.1) is 0 Å². The van der Waals surface area contributed by atoms with Gasteiger partial charge in [0.15, 0.2) is 0 Å². The molecule has 0 atom stereocenters. The molecule has 1 N–H and O–H groups in total. The highest BCUT2D eigenvalue weighted by atomic mass is 16.4. The number of carbonyl (C=O) groups excluding carboxylic acids is 1. The first kappa shape index (κ1) is 9.77. The fourth-order valence-electron chi connectivity index (χ4n) is 1.37. The lowest BCUT2D eigenvalue weighted by atomic mass is 10.2. The van der Waals surface area contributed by atoms with Crippen LogP contribution in [-0.2, 0) is 9.59 Å². The Morgan fingerprint density at radius 1 is 1.46 bits per heavy atom. The van der Waals surface area contributed by atoms with E-state index in [1.807, 2.05) is 0 Å². The molecule has 4 nitrogen and oxygen atoms in total. The van der Waals surface area contributed by atoms with Gasteiger partial charge in [-0.2, -0.15) is 0 Å². The molecule has 4 heteroatoms. The zero-order valence-corrected chi connectivity index (χ0v) is 7.62. The standard InChI is InChI=1S/C9H13NO3/c1-7(11)10-5-2-3-8(4-6-10)9(12)13/h3H,2,4-6H2,1H3,(H,12,13). The highest BCUT2D eigenvalue weighted by Gasteiger charge is 2.15. The lowest BCUT2D eigenvalue weighted by Gasteiger charge is -2.17. The van der Waals surface area contributed by atoms with Gasteiger partial charge < -0.3 is 10.0 Å². The Labute approximate surface area is 76.8 Å². The lowest BCUT2D eigenvalue weighted by Crippen LogP contribution is -2.29. The van der Waals surface area contributed by atoms with Gasteiger partial charge in [0, 0.05) is 25.6 Å². The van der Waals surface area contributed by atoms with Crippen LogP contribution in [0.4, 0.5) is 0 Å². The van der Waals surface area contributed by atoms with E-state index in [2.05, 4.69) is 0 Å². The zero-order chi connectivity index (χ0) is 9.84. The number of rotatable bonds is 1. The average molecular weight is 183 g/mol. The summed E-state index contributed by atoms with van der Waals surface area (Å²) in [6.07, 6.45) is 2.79. The molecule has 0 aliphatic carbocycles. The summed E-state index contributed by atoms with van der Waals surface area (Å²) in [5.74, 6) is -0.856. The van der Waals surface area contributed by atoms with E-state index in [9.17, 15) is 9.59 Å².